The first-order valence-corrected chi connectivity index (χ1v) is 8.02. The van der Waals surface area contributed by atoms with Gasteiger partial charge in [-0.05, 0) is 5.56 Å². The summed E-state index contributed by atoms with van der Waals surface area (Å²) in [6.45, 7) is 1.06. The molecule has 1 saturated heterocycles. The number of benzene rings is 1. The molecule has 20 heavy (non-hydrogen) atoms. The van der Waals surface area contributed by atoms with Gasteiger partial charge in [0, 0.05) is 36.1 Å². The van der Waals surface area contributed by atoms with Gasteiger partial charge in [-0.25, -0.2) is 0 Å². The number of ketones is 1. The molecule has 1 heterocycles. The summed E-state index contributed by atoms with van der Waals surface area (Å²) >= 11 is 0. The molecule has 1 aromatic rings. The predicted octanol–water partition coefficient (Wildman–Crippen LogP) is -0.444. The second-order valence-electron chi connectivity index (χ2n) is 5.19. The standard InChI is InChI=1S/C14H20N2O3S/c15-14(18,8-11-4-2-1-3-5-11)9-12(17)13-10-16-6-7-20(13)19/h1-5,13,16,18H,6-10,15H2/t13-,14+,20?/m1/s1. The number of carbonyl (C=O) groups excluding carboxylic acids is 1. The third-order valence-corrected chi connectivity index (χ3v) is 4.99. The van der Waals surface area contributed by atoms with Crippen LogP contribution in [-0.2, 0) is 22.0 Å². The maximum absolute atomic E-state index is 12.1. The molecule has 1 aromatic carbocycles. The molecule has 0 bridgehead atoms. The number of hydrogen-bond acceptors (Lipinski definition) is 5. The minimum atomic E-state index is -1.60. The van der Waals surface area contributed by atoms with Crippen LogP contribution in [0, 0.1) is 0 Å². The van der Waals surface area contributed by atoms with Gasteiger partial charge in [-0.3, -0.25) is 9.00 Å². The predicted molar refractivity (Wildman–Crippen MR) is 78.6 cm³/mol. The molecule has 6 heteroatoms. The molecular formula is C14H20N2O3S. The summed E-state index contributed by atoms with van der Waals surface area (Å²) in [7, 11) is -1.17. The summed E-state index contributed by atoms with van der Waals surface area (Å²) in [5.41, 5.74) is 5.09. The van der Waals surface area contributed by atoms with Crippen LogP contribution in [0.25, 0.3) is 0 Å². The van der Waals surface area contributed by atoms with Crippen molar-refractivity contribution in [2.45, 2.75) is 23.8 Å². The van der Waals surface area contributed by atoms with E-state index in [1.54, 1.807) is 0 Å². The number of carbonyl (C=O) groups is 1. The Morgan fingerprint density at radius 1 is 1.45 bits per heavy atom. The lowest BCUT2D eigenvalue weighted by atomic mass is 9.97. The highest BCUT2D eigenvalue weighted by molar-refractivity contribution is 7.86. The fraction of sp³-hybridized carbons (Fsp3) is 0.500. The Morgan fingerprint density at radius 2 is 2.15 bits per heavy atom. The van der Waals surface area contributed by atoms with E-state index < -0.39 is 21.8 Å². The molecule has 1 aliphatic rings. The molecule has 2 rings (SSSR count). The van der Waals surface area contributed by atoms with E-state index >= 15 is 0 Å². The van der Waals surface area contributed by atoms with Crippen molar-refractivity contribution >= 4 is 16.6 Å². The molecule has 1 fully saturated rings. The van der Waals surface area contributed by atoms with E-state index in [2.05, 4.69) is 5.32 Å². The van der Waals surface area contributed by atoms with Gasteiger partial charge < -0.3 is 16.2 Å². The number of nitrogens with one attached hydrogen (secondary N) is 1. The molecule has 0 radical (unpaired) electrons. The maximum Gasteiger partial charge on any atom is 0.153 e. The third-order valence-electron chi connectivity index (χ3n) is 3.32. The molecule has 0 aliphatic carbocycles. The van der Waals surface area contributed by atoms with Gasteiger partial charge in [-0.15, -0.1) is 0 Å². The van der Waals surface area contributed by atoms with Gasteiger partial charge in [0.25, 0.3) is 0 Å². The van der Waals surface area contributed by atoms with Crippen molar-refractivity contribution in [1.82, 2.24) is 5.32 Å². The van der Waals surface area contributed by atoms with Gasteiger partial charge in [0.05, 0.1) is 6.42 Å². The van der Waals surface area contributed by atoms with Gasteiger partial charge >= 0.3 is 0 Å². The molecule has 3 atom stereocenters. The van der Waals surface area contributed by atoms with Crippen LogP contribution in [0.1, 0.15) is 12.0 Å². The molecule has 1 unspecified atom stereocenters. The van der Waals surface area contributed by atoms with E-state index in [1.165, 1.54) is 0 Å². The van der Waals surface area contributed by atoms with E-state index in [9.17, 15) is 14.1 Å². The van der Waals surface area contributed by atoms with Gasteiger partial charge in [0.1, 0.15) is 11.0 Å². The molecule has 4 N–H and O–H groups in total. The van der Waals surface area contributed by atoms with E-state index in [1.807, 2.05) is 30.3 Å². The van der Waals surface area contributed by atoms with E-state index in [0.717, 1.165) is 5.56 Å². The number of hydrogen-bond donors (Lipinski definition) is 3. The van der Waals surface area contributed by atoms with Crippen LogP contribution in [0.3, 0.4) is 0 Å². The Bertz CT molecular complexity index is 490. The fourth-order valence-corrected chi connectivity index (χ4v) is 3.64. The van der Waals surface area contributed by atoms with Gasteiger partial charge in [0.15, 0.2) is 5.78 Å². The lowest BCUT2D eigenvalue weighted by Gasteiger charge is -2.27. The monoisotopic (exact) mass is 296 g/mol. The normalized spacial score (nSPS) is 25.9. The highest BCUT2D eigenvalue weighted by Gasteiger charge is 2.33. The topological polar surface area (TPSA) is 92.4 Å². The fourth-order valence-electron chi connectivity index (χ4n) is 2.33. The summed E-state index contributed by atoms with van der Waals surface area (Å²) in [4.78, 5) is 12.1. The number of rotatable bonds is 5. The van der Waals surface area contributed by atoms with Crippen LogP contribution in [0.15, 0.2) is 30.3 Å². The summed E-state index contributed by atoms with van der Waals surface area (Å²) in [6.07, 6.45) is 0.0202. The van der Waals surface area contributed by atoms with Crippen LogP contribution in [-0.4, -0.2) is 44.9 Å². The van der Waals surface area contributed by atoms with Crippen molar-refractivity contribution in [3.8, 4) is 0 Å². The second kappa shape index (κ2) is 6.58. The van der Waals surface area contributed by atoms with Gasteiger partial charge in [-0.1, -0.05) is 30.3 Å². The van der Waals surface area contributed by atoms with Crippen LogP contribution >= 0.6 is 0 Å². The number of nitrogens with two attached hydrogens (primary N) is 1. The SMILES string of the molecule is N[C@@](O)(CC(=O)[C@H]1CNCCS1=O)Cc1ccccc1. The summed E-state index contributed by atoms with van der Waals surface area (Å²) in [5, 5.41) is 12.7. The number of Topliss-reactive ketones (excluding diaryl/α,β-unsaturated/α-hetero) is 1. The zero-order valence-corrected chi connectivity index (χ0v) is 12.1. The Labute approximate surface area is 121 Å². The van der Waals surface area contributed by atoms with Crippen molar-refractivity contribution in [3.05, 3.63) is 35.9 Å². The quantitative estimate of drug-likeness (QED) is 0.640. The largest absolute Gasteiger partial charge is 0.375 e. The van der Waals surface area contributed by atoms with Crippen molar-refractivity contribution in [3.63, 3.8) is 0 Å². The zero-order chi connectivity index (χ0) is 14.6. The maximum atomic E-state index is 12.1. The molecule has 0 spiro atoms. The van der Waals surface area contributed by atoms with Crippen LogP contribution < -0.4 is 11.1 Å². The first-order chi connectivity index (χ1) is 9.48. The van der Waals surface area contributed by atoms with Crippen molar-refractivity contribution < 1.29 is 14.1 Å². The molecule has 5 nitrogen and oxygen atoms in total. The summed E-state index contributed by atoms with van der Waals surface area (Å²) in [6, 6.07) is 9.28. The van der Waals surface area contributed by atoms with Crippen molar-refractivity contribution in [2.24, 2.45) is 5.73 Å². The van der Waals surface area contributed by atoms with Crippen LogP contribution in [0.2, 0.25) is 0 Å². The third kappa shape index (κ3) is 4.21. The zero-order valence-electron chi connectivity index (χ0n) is 11.2. The smallest absolute Gasteiger partial charge is 0.153 e. The van der Waals surface area contributed by atoms with E-state index in [0.29, 0.717) is 18.8 Å². The summed E-state index contributed by atoms with van der Waals surface area (Å²) < 4.78 is 11.8. The Kier molecular flexibility index (Phi) is 5.04. The first-order valence-electron chi connectivity index (χ1n) is 6.64. The average molecular weight is 296 g/mol. The molecular weight excluding hydrogens is 276 g/mol. The molecule has 0 amide bonds. The first kappa shape index (κ1) is 15.3. The molecule has 110 valence electrons. The molecule has 1 aliphatic heterocycles. The highest BCUT2D eigenvalue weighted by Crippen LogP contribution is 2.15. The minimum Gasteiger partial charge on any atom is -0.375 e. The van der Waals surface area contributed by atoms with E-state index in [4.69, 9.17) is 5.73 Å². The van der Waals surface area contributed by atoms with Gasteiger partial charge in [-0.2, -0.15) is 0 Å². The molecule has 0 aromatic heterocycles. The Hall–Kier alpha value is -1.08. The second-order valence-corrected chi connectivity index (χ2v) is 6.93. The lowest BCUT2D eigenvalue weighted by molar-refractivity contribution is -0.123. The summed E-state index contributed by atoms with van der Waals surface area (Å²) in [5.74, 6) is 0.231. The minimum absolute atomic E-state index is 0.181. The van der Waals surface area contributed by atoms with Crippen LogP contribution in [0.5, 0.6) is 0 Å². The van der Waals surface area contributed by atoms with Crippen LogP contribution in [0.4, 0.5) is 0 Å². The van der Waals surface area contributed by atoms with Crippen molar-refractivity contribution in [1.29, 1.82) is 0 Å². The number of aliphatic hydroxyl groups is 1. The Balaban J connectivity index is 1.96. The van der Waals surface area contributed by atoms with Crippen molar-refractivity contribution in [2.75, 3.05) is 18.8 Å². The lowest BCUT2D eigenvalue weighted by Crippen LogP contribution is -2.50. The molecule has 0 saturated carbocycles. The van der Waals surface area contributed by atoms with Gasteiger partial charge in [0.2, 0.25) is 0 Å². The van der Waals surface area contributed by atoms with E-state index in [-0.39, 0.29) is 18.6 Å². The Morgan fingerprint density at radius 3 is 2.80 bits per heavy atom. The highest BCUT2D eigenvalue weighted by atomic mass is 32.2. The average Bonchev–Trinajstić information content (AvgIpc) is 2.39.